The van der Waals surface area contributed by atoms with Crippen molar-refractivity contribution in [2.24, 2.45) is 0 Å². The second kappa shape index (κ2) is 6.37. The fourth-order valence-electron chi connectivity index (χ4n) is 3.33. The first-order valence-electron chi connectivity index (χ1n) is 8.03. The molecule has 3 heterocycles. The summed E-state index contributed by atoms with van der Waals surface area (Å²) in [4.78, 5) is 30.0. The van der Waals surface area contributed by atoms with Gasteiger partial charge >= 0.3 is 0 Å². The maximum absolute atomic E-state index is 13.1. The van der Waals surface area contributed by atoms with E-state index in [4.69, 9.17) is 4.74 Å². The monoisotopic (exact) mass is 342 g/mol. The first-order valence-corrected chi connectivity index (χ1v) is 8.91. The minimum absolute atomic E-state index is 0.0474. The molecule has 1 saturated heterocycles. The van der Waals surface area contributed by atoms with Crippen LogP contribution in [0, 0.1) is 0 Å². The zero-order valence-corrected chi connectivity index (χ0v) is 14.0. The van der Waals surface area contributed by atoms with Gasteiger partial charge in [0.25, 0.3) is 5.91 Å². The van der Waals surface area contributed by atoms with Crippen LogP contribution in [0.2, 0.25) is 0 Å². The van der Waals surface area contributed by atoms with Gasteiger partial charge in [0.2, 0.25) is 5.91 Å². The summed E-state index contributed by atoms with van der Waals surface area (Å²) in [6.45, 7) is 1.43. The molecule has 0 unspecified atom stereocenters. The third-order valence-corrected chi connectivity index (χ3v) is 5.40. The molecule has 1 atom stereocenters. The van der Waals surface area contributed by atoms with Crippen LogP contribution < -0.4 is 4.90 Å². The van der Waals surface area contributed by atoms with E-state index in [-0.39, 0.29) is 25.0 Å². The third kappa shape index (κ3) is 2.72. The van der Waals surface area contributed by atoms with Gasteiger partial charge in [-0.25, -0.2) is 0 Å². The molecule has 0 spiro atoms. The van der Waals surface area contributed by atoms with E-state index in [0.29, 0.717) is 13.1 Å². The number of hydrogen-bond donors (Lipinski definition) is 0. The molecule has 6 heteroatoms. The lowest BCUT2D eigenvalue weighted by Crippen LogP contribution is -2.56. The predicted octanol–water partition coefficient (Wildman–Crippen LogP) is 2.06. The summed E-state index contributed by atoms with van der Waals surface area (Å²) < 4.78 is 5.38. The highest BCUT2D eigenvalue weighted by atomic mass is 32.1. The Morgan fingerprint density at radius 1 is 1.25 bits per heavy atom. The quantitative estimate of drug-likeness (QED) is 0.858. The van der Waals surface area contributed by atoms with Crippen molar-refractivity contribution in [1.82, 2.24) is 4.90 Å². The maximum Gasteiger partial charge on any atom is 0.252 e. The number of carbonyl (C=O) groups excluding carboxylic acids is 2. The number of thiophene rings is 1. The van der Waals surface area contributed by atoms with E-state index in [1.807, 2.05) is 35.7 Å². The Kier molecular flexibility index (Phi) is 4.08. The third-order valence-electron chi connectivity index (χ3n) is 4.54. The molecule has 24 heavy (non-hydrogen) atoms. The first kappa shape index (κ1) is 15.4. The van der Waals surface area contributed by atoms with Gasteiger partial charge in [0.05, 0.1) is 13.2 Å². The Balaban J connectivity index is 1.59. The molecule has 5 nitrogen and oxygen atoms in total. The second-order valence-electron chi connectivity index (χ2n) is 6.00. The van der Waals surface area contributed by atoms with E-state index in [0.717, 1.165) is 17.0 Å². The molecule has 1 aromatic carbocycles. The Morgan fingerprint density at radius 3 is 2.96 bits per heavy atom. The molecule has 2 aliphatic heterocycles. The number of para-hydroxylation sites is 1. The number of benzene rings is 1. The molecule has 2 amide bonds. The van der Waals surface area contributed by atoms with Gasteiger partial charge in [0, 0.05) is 17.1 Å². The lowest BCUT2D eigenvalue weighted by Gasteiger charge is -2.36. The van der Waals surface area contributed by atoms with Crippen molar-refractivity contribution in [1.29, 1.82) is 0 Å². The van der Waals surface area contributed by atoms with Crippen molar-refractivity contribution >= 4 is 28.8 Å². The Morgan fingerprint density at radius 2 is 2.12 bits per heavy atom. The van der Waals surface area contributed by atoms with Gasteiger partial charge in [-0.15, -0.1) is 11.3 Å². The van der Waals surface area contributed by atoms with E-state index in [2.05, 4.69) is 6.07 Å². The van der Waals surface area contributed by atoms with Crippen molar-refractivity contribution in [2.45, 2.75) is 19.0 Å². The van der Waals surface area contributed by atoms with Crippen molar-refractivity contribution in [3.05, 3.63) is 52.2 Å². The Bertz CT molecular complexity index is 759. The highest BCUT2D eigenvalue weighted by Gasteiger charge is 2.38. The second-order valence-corrected chi connectivity index (χ2v) is 7.03. The zero-order chi connectivity index (χ0) is 16.5. The number of fused-ring (bicyclic) bond motifs is 1. The molecule has 0 saturated carbocycles. The molecule has 2 aromatic rings. The minimum Gasteiger partial charge on any atom is -0.369 e. The predicted molar refractivity (Wildman–Crippen MR) is 92.0 cm³/mol. The largest absolute Gasteiger partial charge is 0.369 e. The first-order chi connectivity index (χ1) is 11.7. The SMILES string of the molecule is O=C([C@H]1COCC(=O)N1Cc1cccs1)N1CCc2ccccc21. The number of nitrogens with zero attached hydrogens (tertiary/aromatic N) is 2. The molecule has 4 rings (SSSR count). The summed E-state index contributed by atoms with van der Waals surface area (Å²) in [6.07, 6.45) is 0.856. The van der Waals surface area contributed by atoms with Gasteiger partial charge in [-0.1, -0.05) is 24.3 Å². The van der Waals surface area contributed by atoms with Crippen LogP contribution in [-0.2, 0) is 27.3 Å². The molecule has 0 bridgehead atoms. The van der Waals surface area contributed by atoms with Crippen LogP contribution in [0.25, 0.3) is 0 Å². The Hall–Kier alpha value is -2.18. The minimum atomic E-state index is -0.556. The molecule has 0 aliphatic carbocycles. The number of anilines is 1. The lowest BCUT2D eigenvalue weighted by atomic mass is 10.1. The van der Waals surface area contributed by atoms with Crippen molar-refractivity contribution in [3.63, 3.8) is 0 Å². The number of hydrogen-bond acceptors (Lipinski definition) is 4. The van der Waals surface area contributed by atoms with Crippen LogP contribution in [0.3, 0.4) is 0 Å². The van der Waals surface area contributed by atoms with Gasteiger partial charge in [0.1, 0.15) is 12.6 Å². The summed E-state index contributed by atoms with van der Waals surface area (Å²) in [5, 5.41) is 1.98. The van der Waals surface area contributed by atoms with Crippen LogP contribution >= 0.6 is 11.3 Å². The molecular formula is C18H18N2O3S. The Labute approximate surface area is 144 Å². The highest BCUT2D eigenvalue weighted by molar-refractivity contribution is 7.09. The fourth-order valence-corrected chi connectivity index (χ4v) is 4.03. The van der Waals surface area contributed by atoms with Gasteiger partial charge in [0.15, 0.2) is 0 Å². The van der Waals surface area contributed by atoms with Crippen molar-refractivity contribution < 1.29 is 14.3 Å². The lowest BCUT2D eigenvalue weighted by molar-refractivity contribution is -0.154. The molecule has 1 fully saturated rings. The summed E-state index contributed by atoms with van der Waals surface area (Å²) in [6, 6.07) is 11.3. The number of carbonyl (C=O) groups is 2. The maximum atomic E-state index is 13.1. The van der Waals surface area contributed by atoms with E-state index in [1.54, 1.807) is 21.1 Å². The van der Waals surface area contributed by atoms with E-state index < -0.39 is 6.04 Å². The van der Waals surface area contributed by atoms with Crippen LogP contribution in [-0.4, -0.2) is 42.5 Å². The van der Waals surface area contributed by atoms with E-state index in [1.165, 1.54) is 5.56 Å². The van der Waals surface area contributed by atoms with Crippen LogP contribution in [0.1, 0.15) is 10.4 Å². The molecule has 124 valence electrons. The summed E-state index contributed by atoms with van der Waals surface area (Å²) in [5.41, 5.74) is 2.13. The summed E-state index contributed by atoms with van der Waals surface area (Å²) in [5.74, 6) is -0.176. The molecule has 0 N–H and O–H groups in total. The normalized spacial score (nSPS) is 20.3. The number of morpholine rings is 1. The molecular weight excluding hydrogens is 324 g/mol. The van der Waals surface area contributed by atoms with Crippen molar-refractivity contribution in [3.8, 4) is 0 Å². The van der Waals surface area contributed by atoms with Gasteiger partial charge in [-0.2, -0.15) is 0 Å². The number of ether oxygens (including phenoxy) is 1. The van der Waals surface area contributed by atoms with Crippen molar-refractivity contribution in [2.75, 3.05) is 24.7 Å². The highest BCUT2D eigenvalue weighted by Crippen LogP contribution is 2.29. The fraction of sp³-hybridized carbons (Fsp3) is 0.333. The van der Waals surface area contributed by atoms with Gasteiger partial charge in [-0.3, -0.25) is 9.59 Å². The topological polar surface area (TPSA) is 49.9 Å². The average Bonchev–Trinajstić information content (AvgIpc) is 3.25. The van der Waals surface area contributed by atoms with Gasteiger partial charge < -0.3 is 14.5 Å². The van der Waals surface area contributed by atoms with Gasteiger partial charge in [-0.05, 0) is 29.5 Å². The van der Waals surface area contributed by atoms with Crippen LogP contribution in [0.15, 0.2) is 41.8 Å². The number of rotatable bonds is 3. The van der Waals surface area contributed by atoms with E-state index >= 15 is 0 Å². The smallest absolute Gasteiger partial charge is 0.252 e. The molecule has 1 aromatic heterocycles. The standard InChI is InChI=1S/C18H18N2O3S/c21-17-12-23-11-16(20(17)10-14-5-3-9-24-14)18(22)19-8-7-13-4-1-2-6-15(13)19/h1-6,9,16H,7-8,10-12H2/t16-/m1/s1. The van der Waals surface area contributed by atoms with Crippen LogP contribution in [0.5, 0.6) is 0 Å². The summed E-state index contributed by atoms with van der Waals surface area (Å²) in [7, 11) is 0. The molecule has 0 radical (unpaired) electrons. The molecule has 2 aliphatic rings. The number of amides is 2. The van der Waals surface area contributed by atoms with Crippen LogP contribution in [0.4, 0.5) is 5.69 Å². The average molecular weight is 342 g/mol. The summed E-state index contributed by atoms with van der Waals surface area (Å²) >= 11 is 1.59. The zero-order valence-electron chi connectivity index (χ0n) is 13.2. The van der Waals surface area contributed by atoms with E-state index in [9.17, 15) is 9.59 Å².